The SMILES string of the molecule is CCNC(=NCc1cnn(C)c1)NC1CCN(c2ccccc2OC(F)F)C1. The summed E-state index contributed by atoms with van der Waals surface area (Å²) in [5.74, 6) is 0.936. The molecule has 3 rings (SSSR count). The first-order valence-corrected chi connectivity index (χ1v) is 9.36. The summed E-state index contributed by atoms with van der Waals surface area (Å²) in [5, 5.41) is 10.8. The monoisotopic (exact) mass is 392 g/mol. The van der Waals surface area contributed by atoms with Gasteiger partial charge in [0.25, 0.3) is 0 Å². The highest BCUT2D eigenvalue weighted by molar-refractivity contribution is 5.80. The molecule has 1 aromatic heterocycles. The van der Waals surface area contributed by atoms with Gasteiger partial charge in [-0.25, -0.2) is 4.99 Å². The fraction of sp³-hybridized carbons (Fsp3) is 0.474. The standard InChI is InChI=1S/C19H26F2N6O/c1-3-22-19(23-10-14-11-24-26(2)12-14)25-15-8-9-27(13-15)16-6-4-5-7-17(16)28-18(20)21/h4-7,11-12,15,18H,3,8-10,13H2,1-2H3,(H2,22,23,25). The zero-order chi connectivity index (χ0) is 19.9. The highest BCUT2D eigenvalue weighted by Gasteiger charge is 2.26. The summed E-state index contributed by atoms with van der Waals surface area (Å²) in [6, 6.07) is 7.06. The predicted octanol–water partition coefficient (Wildman–Crippen LogP) is 2.36. The van der Waals surface area contributed by atoms with Crippen LogP contribution >= 0.6 is 0 Å². The second-order valence-corrected chi connectivity index (χ2v) is 6.64. The molecule has 1 fully saturated rings. The van der Waals surface area contributed by atoms with E-state index in [2.05, 4.69) is 30.4 Å². The largest absolute Gasteiger partial charge is 0.433 e. The molecule has 2 heterocycles. The average Bonchev–Trinajstić information content (AvgIpc) is 3.29. The highest BCUT2D eigenvalue weighted by atomic mass is 19.3. The van der Waals surface area contributed by atoms with Gasteiger partial charge >= 0.3 is 6.61 Å². The van der Waals surface area contributed by atoms with E-state index in [0.29, 0.717) is 18.8 Å². The summed E-state index contributed by atoms with van der Waals surface area (Å²) < 4.78 is 31.7. The fourth-order valence-corrected chi connectivity index (χ4v) is 3.25. The van der Waals surface area contributed by atoms with Crippen LogP contribution in [0.25, 0.3) is 0 Å². The lowest BCUT2D eigenvalue weighted by atomic mass is 10.2. The Labute approximate surface area is 163 Å². The van der Waals surface area contributed by atoms with Gasteiger partial charge in [0.1, 0.15) is 5.75 Å². The van der Waals surface area contributed by atoms with Crippen LogP contribution < -0.4 is 20.3 Å². The zero-order valence-corrected chi connectivity index (χ0v) is 16.1. The second kappa shape index (κ2) is 9.38. The molecule has 0 saturated carbocycles. The number of hydrogen-bond donors (Lipinski definition) is 2. The lowest BCUT2D eigenvalue weighted by molar-refractivity contribution is -0.0495. The number of alkyl halides is 2. The van der Waals surface area contributed by atoms with Gasteiger partial charge in [0.15, 0.2) is 5.96 Å². The number of anilines is 1. The quantitative estimate of drug-likeness (QED) is 0.559. The third-order valence-corrected chi connectivity index (χ3v) is 4.47. The maximum Gasteiger partial charge on any atom is 0.387 e. The van der Waals surface area contributed by atoms with E-state index in [0.717, 1.165) is 31.0 Å². The minimum atomic E-state index is -2.84. The fourth-order valence-electron chi connectivity index (χ4n) is 3.25. The predicted molar refractivity (Wildman–Crippen MR) is 105 cm³/mol. The number of rotatable bonds is 7. The Hall–Kier alpha value is -2.84. The first-order chi connectivity index (χ1) is 13.5. The molecule has 0 amide bonds. The van der Waals surface area contributed by atoms with Gasteiger partial charge in [-0.3, -0.25) is 4.68 Å². The topological polar surface area (TPSA) is 66.7 Å². The Balaban J connectivity index is 1.62. The molecule has 1 atom stereocenters. The maximum atomic E-state index is 12.7. The number of nitrogens with one attached hydrogen (secondary N) is 2. The van der Waals surface area contributed by atoms with Crippen LogP contribution in [-0.2, 0) is 13.6 Å². The molecule has 1 aliphatic heterocycles. The second-order valence-electron chi connectivity index (χ2n) is 6.64. The van der Waals surface area contributed by atoms with Gasteiger partial charge in [0.2, 0.25) is 0 Å². The Kier molecular flexibility index (Phi) is 6.67. The molecule has 0 aliphatic carbocycles. The summed E-state index contributed by atoms with van der Waals surface area (Å²) in [5.41, 5.74) is 1.72. The molecular weight excluding hydrogens is 366 g/mol. The van der Waals surface area contributed by atoms with Crippen molar-refractivity contribution in [3.8, 4) is 5.75 Å². The molecule has 7 nitrogen and oxygen atoms in total. The Morgan fingerprint density at radius 1 is 1.39 bits per heavy atom. The maximum absolute atomic E-state index is 12.7. The molecule has 1 aromatic carbocycles. The van der Waals surface area contributed by atoms with Crippen LogP contribution in [0.2, 0.25) is 0 Å². The van der Waals surface area contributed by atoms with E-state index in [4.69, 9.17) is 0 Å². The molecule has 2 aromatic rings. The number of aromatic nitrogens is 2. The molecule has 2 N–H and O–H groups in total. The minimum Gasteiger partial charge on any atom is -0.433 e. The zero-order valence-electron chi connectivity index (χ0n) is 16.1. The summed E-state index contributed by atoms with van der Waals surface area (Å²) >= 11 is 0. The number of guanidine groups is 1. The third-order valence-electron chi connectivity index (χ3n) is 4.47. The number of aliphatic imine (C=N–C) groups is 1. The summed E-state index contributed by atoms with van der Waals surface area (Å²) in [6.07, 6.45) is 4.61. The number of aryl methyl sites for hydroxylation is 1. The smallest absolute Gasteiger partial charge is 0.387 e. The first-order valence-electron chi connectivity index (χ1n) is 9.36. The number of nitrogens with zero attached hydrogens (tertiary/aromatic N) is 4. The average molecular weight is 392 g/mol. The molecule has 1 unspecified atom stereocenters. The van der Waals surface area contributed by atoms with Crippen molar-refractivity contribution < 1.29 is 13.5 Å². The van der Waals surface area contributed by atoms with Gasteiger partial charge in [-0.15, -0.1) is 0 Å². The minimum absolute atomic E-state index is 0.159. The van der Waals surface area contributed by atoms with E-state index in [1.54, 1.807) is 23.0 Å². The molecule has 152 valence electrons. The molecule has 9 heteroatoms. The molecule has 0 bridgehead atoms. The van der Waals surface area contributed by atoms with Crippen LogP contribution in [0.5, 0.6) is 5.75 Å². The van der Waals surface area contributed by atoms with Gasteiger partial charge < -0.3 is 20.3 Å². The van der Waals surface area contributed by atoms with Crippen molar-refractivity contribution in [2.45, 2.75) is 32.5 Å². The van der Waals surface area contributed by atoms with Gasteiger partial charge in [0.05, 0.1) is 18.4 Å². The van der Waals surface area contributed by atoms with Crippen molar-refractivity contribution in [1.82, 2.24) is 20.4 Å². The van der Waals surface area contributed by atoms with Crippen LogP contribution in [0.1, 0.15) is 18.9 Å². The highest BCUT2D eigenvalue weighted by Crippen LogP contribution is 2.31. The van der Waals surface area contributed by atoms with E-state index in [-0.39, 0.29) is 11.8 Å². The van der Waals surface area contributed by atoms with Gasteiger partial charge in [-0.05, 0) is 25.5 Å². The first kappa shape index (κ1) is 19.9. The molecule has 28 heavy (non-hydrogen) atoms. The van der Waals surface area contributed by atoms with Gasteiger partial charge in [-0.2, -0.15) is 13.9 Å². The van der Waals surface area contributed by atoms with Crippen molar-refractivity contribution in [3.63, 3.8) is 0 Å². The molecule has 1 aliphatic rings. The Morgan fingerprint density at radius 3 is 2.93 bits per heavy atom. The number of hydrogen-bond acceptors (Lipinski definition) is 4. The number of para-hydroxylation sites is 2. The summed E-state index contributed by atoms with van der Waals surface area (Å²) in [6.45, 7) is 1.90. The Bertz CT molecular complexity index is 794. The van der Waals surface area contributed by atoms with Crippen LogP contribution in [0.3, 0.4) is 0 Å². The Morgan fingerprint density at radius 2 is 2.21 bits per heavy atom. The van der Waals surface area contributed by atoms with Crippen LogP contribution in [-0.4, -0.2) is 48.0 Å². The molecule has 0 radical (unpaired) electrons. The van der Waals surface area contributed by atoms with Gasteiger partial charge in [-0.1, -0.05) is 12.1 Å². The van der Waals surface area contributed by atoms with Crippen molar-refractivity contribution in [2.24, 2.45) is 12.0 Å². The molecular formula is C19H26F2N6O. The van der Waals surface area contributed by atoms with Crippen LogP contribution in [0.4, 0.5) is 14.5 Å². The van der Waals surface area contributed by atoms with Gasteiger partial charge in [0, 0.05) is 44.5 Å². The van der Waals surface area contributed by atoms with E-state index in [9.17, 15) is 8.78 Å². The molecule has 0 spiro atoms. The van der Waals surface area contributed by atoms with Crippen molar-refractivity contribution in [1.29, 1.82) is 0 Å². The van der Waals surface area contributed by atoms with Crippen LogP contribution in [0, 0.1) is 0 Å². The number of halogens is 2. The lowest BCUT2D eigenvalue weighted by Crippen LogP contribution is -2.44. The lowest BCUT2D eigenvalue weighted by Gasteiger charge is -2.22. The normalized spacial score (nSPS) is 17.2. The number of benzene rings is 1. The van der Waals surface area contributed by atoms with Crippen molar-refractivity contribution >= 4 is 11.6 Å². The van der Waals surface area contributed by atoms with Crippen LogP contribution in [0.15, 0.2) is 41.7 Å². The summed E-state index contributed by atoms with van der Waals surface area (Å²) in [4.78, 5) is 6.67. The van der Waals surface area contributed by atoms with Crippen molar-refractivity contribution in [2.75, 3.05) is 24.5 Å². The summed E-state index contributed by atoms with van der Waals surface area (Å²) in [7, 11) is 1.87. The number of ether oxygens (including phenoxy) is 1. The van der Waals surface area contributed by atoms with E-state index in [1.807, 2.05) is 32.3 Å². The van der Waals surface area contributed by atoms with E-state index in [1.165, 1.54) is 0 Å². The molecule has 1 saturated heterocycles. The third kappa shape index (κ3) is 5.34. The van der Waals surface area contributed by atoms with E-state index < -0.39 is 6.61 Å². The van der Waals surface area contributed by atoms with Crippen molar-refractivity contribution in [3.05, 3.63) is 42.2 Å². The van der Waals surface area contributed by atoms with E-state index >= 15 is 0 Å².